The maximum absolute atomic E-state index is 5.95. The smallest absolute Gasteiger partial charge is 0.0595 e. The first kappa shape index (κ1) is 13.8. The van der Waals surface area contributed by atoms with Gasteiger partial charge >= 0.3 is 0 Å². The second-order valence-corrected chi connectivity index (χ2v) is 5.07. The van der Waals surface area contributed by atoms with Crippen LogP contribution < -0.4 is 5.73 Å². The quantitative estimate of drug-likeness (QED) is 0.882. The van der Waals surface area contributed by atoms with E-state index in [2.05, 4.69) is 11.9 Å². The lowest BCUT2D eigenvalue weighted by Crippen LogP contribution is -2.25. The van der Waals surface area contributed by atoms with Crippen LogP contribution in [0.5, 0.6) is 0 Å². The van der Waals surface area contributed by atoms with Crippen molar-refractivity contribution >= 4 is 23.2 Å². The van der Waals surface area contributed by atoms with Gasteiger partial charge in [-0.1, -0.05) is 29.3 Å². The maximum Gasteiger partial charge on any atom is 0.0595 e. The van der Waals surface area contributed by atoms with Crippen molar-refractivity contribution in [3.8, 4) is 0 Å². The summed E-state index contributed by atoms with van der Waals surface area (Å²) < 4.78 is 0. The lowest BCUT2D eigenvalue weighted by molar-refractivity contribution is 0.313. The van der Waals surface area contributed by atoms with Crippen LogP contribution in [0, 0.1) is 0 Å². The fourth-order valence-corrected chi connectivity index (χ4v) is 1.77. The van der Waals surface area contributed by atoms with E-state index < -0.39 is 0 Å². The molecule has 0 aromatic heterocycles. The first-order valence-electron chi connectivity index (χ1n) is 5.37. The van der Waals surface area contributed by atoms with Crippen molar-refractivity contribution < 1.29 is 0 Å². The Balaban J connectivity index is 2.49. The van der Waals surface area contributed by atoms with Gasteiger partial charge in [0.1, 0.15) is 0 Å². The Labute approximate surface area is 107 Å². The van der Waals surface area contributed by atoms with Gasteiger partial charge in [0, 0.05) is 12.6 Å². The van der Waals surface area contributed by atoms with Gasteiger partial charge in [0.05, 0.1) is 10.0 Å². The van der Waals surface area contributed by atoms with E-state index >= 15 is 0 Å². The summed E-state index contributed by atoms with van der Waals surface area (Å²) in [7, 11) is 2.07. The van der Waals surface area contributed by atoms with Crippen LogP contribution in [0.1, 0.15) is 18.9 Å². The molecule has 2 nitrogen and oxygen atoms in total. The average Bonchev–Trinajstić information content (AvgIpc) is 2.21. The highest BCUT2D eigenvalue weighted by molar-refractivity contribution is 6.42. The zero-order valence-electron chi connectivity index (χ0n) is 9.71. The molecule has 0 fully saturated rings. The molecule has 1 rings (SSSR count). The molecule has 90 valence electrons. The van der Waals surface area contributed by atoms with Crippen LogP contribution in [0.2, 0.25) is 10.0 Å². The van der Waals surface area contributed by atoms with Crippen LogP contribution in [-0.4, -0.2) is 24.5 Å². The molecule has 16 heavy (non-hydrogen) atoms. The number of hydrogen-bond donors (Lipinski definition) is 1. The number of hydrogen-bond acceptors (Lipinski definition) is 2. The van der Waals surface area contributed by atoms with Gasteiger partial charge in [-0.2, -0.15) is 0 Å². The predicted molar refractivity (Wildman–Crippen MR) is 71.1 cm³/mol. The summed E-state index contributed by atoms with van der Waals surface area (Å²) in [6.07, 6.45) is 0.998. The van der Waals surface area contributed by atoms with E-state index in [9.17, 15) is 0 Å². The first-order chi connectivity index (χ1) is 7.49. The highest BCUT2D eigenvalue weighted by Gasteiger charge is 2.04. The largest absolute Gasteiger partial charge is 0.328 e. The van der Waals surface area contributed by atoms with Crippen molar-refractivity contribution in [3.05, 3.63) is 33.8 Å². The Morgan fingerprint density at radius 2 is 2.00 bits per heavy atom. The summed E-state index contributed by atoms with van der Waals surface area (Å²) in [5.74, 6) is 0. The summed E-state index contributed by atoms with van der Waals surface area (Å²) in [6, 6.07) is 5.98. The van der Waals surface area contributed by atoms with Crippen molar-refractivity contribution in [2.75, 3.05) is 13.6 Å². The molecular formula is C12H18Cl2N2. The Morgan fingerprint density at radius 1 is 1.31 bits per heavy atom. The minimum atomic E-state index is 0.247. The molecule has 0 bridgehead atoms. The van der Waals surface area contributed by atoms with Gasteiger partial charge in [0.25, 0.3) is 0 Å². The van der Waals surface area contributed by atoms with E-state index in [-0.39, 0.29) is 6.04 Å². The number of nitrogens with zero attached hydrogens (tertiary/aromatic N) is 1. The molecule has 0 spiro atoms. The van der Waals surface area contributed by atoms with Crippen molar-refractivity contribution in [1.82, 2.24) is 4.90 Å². The summed E-state index contributed by atoms with van der Waals surface area (Å²) in [5.41, 5.74) is 6.88. The molecular weight excluding hydrogens is 243 g/mol. The van der Waals surface area contributed by atoms with Crippen LogP contribution in [-0.2, 0) is 6.54 Å². The van der Waals surface area contributed by atoms with Crippen molar-refractivity contribution in [1.29, 1.82) is 0 Å². The van der Waals surface area contributed by atoms with Gasteiger partial charge in [0.15, 0.2) is 0 Å². The molecule has 0 heterocycles. The van der Waals surface area contributed by atoms with Gasteiger partial charge in [-0.25, -0.2) is 0 Å². The molecule has 1 atom stereocenters. The topological polar surface area (TPSA) is 29.3 Å². The van der Waals surface area contributed by atoms with E-state index in [4.69, 9.17) is 28.9 Å². The van der Waals surface area contributed by atoms with Crippen LogP contribution in [0.3, 0.4) is 0 Å². The minimum absolute atomic E-state index is 0.247. The lowest BCUT2D eigenvalue weighted by Gasteiger charge is -2.18. The summed E-state index contributed by atoms with van der Waals surface area (Å²) in [4.78, 5) is 2.23. The van der Waals surface area contributed by atoms with E-state index in [1.165, 1.54) is 5.56 Å². The normalized spacial score (nSPS) is 13.1. The molecule has 0 radical (unpaired) electrons. The molecule has 1 aromatic carbocycles. The van der Waals surface area contributed by atoms with Crippen LogP contribution >= 0.6 is 23.2 Å². The summed E-state index contributed by atoms with van der Waals surface area (Å²) >= 11 is 11.8. The molecule has 1 aromatic rings. The highest BCUT2D eigenvalue weighted by Crippen LogP contribution is 2.23. The molecule has 4 heteroatoms. The molecule has 0 amide bonds. The zero-order chi connectivity index (χ0) is 12.1. The third kappa shape index (κ3) is 4.71. The molecule has 0 saturated carbocycles. The van der Waals surface area contributed by atoms with Gasteiger partial charge in [-0.15, -0.1) is 0 Å². The number of nitrogens with two attached hydrogens (primary N) is 1. The second kappa shape index (κ2) is 6.45. The van der Waals surface area contributed by atoms with Crippen molar-refractivity contribution in [3.63, 3.8) is 0 Å². The van der Waals surface area contributed by atoms with Crippen molar-refractivity contribution in [2.24, 2.45) is 5.73 Å². The third-order valence-corrected chi connectivity index (χ3v) is 3.14. The Bertz CT molecular complexity index is 340. The van der Waals surface area contributed by atoms with Crippen LogP contribution in [0.25, 0.3) is 0 Å². The van der Waals surface area contributed by atoms with E-state index in [0.29, 0.717) is 10.0 Å². The van der Waals surface area contributed by atoms with Gasteiger partial charge < -0.3 is 10.6 Å². The average molecular weight is 261 g/mol. The summed E-state index contributed by atoms with van der Waals surface area (Å²) in [6.45, 7) is 3.87. The maximum atomic E-state index is 5.95. The number of halogens is 2. The lowest BCUT2D eigenvalue weighted by atomic mass is 10.2. The highest BCUT2D eigenvalue weighted by atomic mass is 35.5. The van der Waals surface area contributed by atoms with Crippen molar-refractivity contribution in [2.45, 2.75) is 25.9 Å². The van der Waals surface area contributed by atoms with E-state index in [1.807, 2.05) is 25.1 Å². The third-order valence-electron chi connectivity index (χ3n) is 2.40. The first-order valence-corrected chi connectivity index (χ1v) is 6.12. The van der Waals surface area contributed by atoms with Gasteiger partial charge in [0.2, 0.25) is 0 Å². The Hall–Kier alpha value is -0.280. The molecule has 2 N–H and O–H groups in total. The minimum Gasteiger partial charge on any atom is -0.328 e. The molecule has 0 aliphatic heterocycles. The number of benzene rings is 1. The monoisotopic (exact) mass is 260 g/mol. The Kier molecular flexibility index (Phi) is 5.56. The number of rotatable bonds is 5. The predicted octanol–water partition coefficient (Wildman–Crippen LogP) is 3.16. The molecule has 0 aliphatic rings. The van der Waals surface area contributed by atoms with Crippen LogP contribution in [0.4, 0.5) is 0 Å². The molecule has 0 saturated heterocycles. The standard InChI is InChI=1S/C12H18Cl2N2/c1-9(15)5-6-16(2)8-10-3-4-11(13)12(14)7-10/h3-4,7,9H,5-6,8,15H2,1-2H3. The zero-order valence-corrected chi connectivity index (χ0v) is 11.2. The Morgan fingerprint density at radius 3 is 2.56 bits per heavy atom. The van der Waals surface area contributed by atoms with Gasteiger partial charge in [-0.05, 0) is 44.6 Å². The molecule has 1 unspecified atom stereocenters. The fraction of sp³-hybridized carbons (Fsp3) is 0.500. The SMILES string of the molecule is CC(N)CCN(C)Cc1ccc(Cl)c(Cl)c1. The summed E-state index contributed by atoms with van der Waals surface area (Å²) in [5, 5.41) is 1.21. The van der Waals surface area contributed by atoms with Crippen LogP contribution in [0.15, 0.2) is 18.2 Å². The second-order valence-electron chi connectivity index (χ2n) is 4.25. The van der Waals surface area contributed by atoms with Gasteiger partial charge in [-0.3, -0.25) is 0 Å². The van der Waals surface area contributed by atoms with E-state index in [0.717, 1.165) is 19.5 Å². The molecule has 0 aliphatic carbocycles. The van der Waals surface area contributed by atoms with E-state index in [1.54, 1.807) is 0 Å². The fourth-order valence-electron chi connectivity index (χ4n) is 1.45.